The Kier molecular flexibility index (Phi) is 9.95. The van der Waals surface area contributed by atoms with Gasteiger partial charge in [0.25, 0.3) is 0 Å². The summed E-state index contributed by atoms with van der Waals surface area (Å²) < 4.78 is 27.3. The van der Waals surface area contributed by atoms with E-state index in [4.69, 9.17) is 9.05 Å². The van der Waals surface area contributed by atoms with Crippen molar-refractivity contribution in [1.82, 2.24) is 0 Å². The van der Waals surface area contributed by atoms with Gasteiger partial charge in [0, 0.05) is 16.3 Å². The minimum absolute atomic E-state index is 0.450. The van der Waals surface area contributed by atoms with E-state index in [-0.39, 0.29) is 0 Å². The third-order valence-electron chi connectivity index (χ3n) is 5.43. The van der Waals surface area contributed by atoms with Crippen molar-refractivity contribution in [2.75, 3.05) is 0 Å². The van der Waals surface area contributed by atoms with E-state index >= 15 is 0 Å². The maximum absolute atomic E-state index is 14.6. The van der Waals surface area contributed by atoms with Crippen LogP contribution in [-0.2, 0) is 23.8 Å². The molecule has 3 rings (SSSR count). The van der Waals surface area contributed by atoms with Gasteiger partial charge in [-0.2, -0.15) is 0 Å². The summed E-state index contributed by atoms with van der Waals surface area (Å²) in [6, 6.07) is 23.9. The molecule has 0 unspecified atom stereocenters. The van der Waals surface area contributed by atoms with E-state index in [0.29, 0.717) is 29.3 Å². The lowest BCUT2D eigenvalue weighted by molar-refractivity contribution is 0.402. The van der Waals surface area contributed by atoms with Crippen LogP contribution in [0.1, 0.15) is 58.2 Å². The zero-order valence-corrected chi connectivity index (χ0v) is 23.6. The Bertz CT molecular complexity index is 998. The smallest absolute Gasteiger partial charge is 0.408 e. The minimum atomic E-state index is -3.68. The molecule has 0 aliphatic carbocycles. The van der Waals surface area contributed by atoms with E-state index in [1.165, 1.54) is 11.4 Å². The van der Waals surface area contributed by atoms with Crippen LogP contribution in [0.25, 0.3) is 0 Å². The van der Waals surface area contributed by atoms with Crippen molar-refractivity contribution in [3.05, 3.63) is 89.5 Å². The summed E-state index contributed by atoms with van der Waals surface area (Å²) in [5.41, 5.74) is 3.24. The predicted molar refractivity (Wildman–Crippen MR) is 150 cm³/mol. The maximum Gasteiger partial charge on any atom is 0.497 e. The van der Waals surface area contributed by atoms with E-state index in [0.717, 1.165) is 40.8 Å². The Morgan fingerprint density at radius 3 is 1.43 bits per heavy atom. The topological polar surface area (TPSA) is 35.5 Å². The number of rotatable bonds is 12. The molecule has 0 saturated carbocycles. The second-order valence-electron chi connectivity index (χ2n) is 10.3. The molecule has 0 radical (unpaired) electrons. The first-order chi connectivity index (χ1) is 16.6. The van der Waals surface area contributed by atoms with Gasteiger partial charge >= 0.3 is 6.80 Å². The van der Waals surface area contributed by atoms with Gasteiger partial charge in [0.2, 0.25) is 0 Å². The maximum atomic E-state index is 14.6. The second-order valence-corrected chi connectivity index (χ2v) is 14.1. The van der Waals surface area contributed by atoms with Gasteiger partial charge in [0.05, 0.1) is 0 Å². The SMILES string of the molecule is CC(C)Cc1ccccc1OP(=O)(Oc1ccccc1CC(C)C)Sc1ccccc1CC(C)C. The van der Waals surface area contributed by atoms with Crippen LogP contribution < -0.4 is 9.05 Å². The molecule has 0 aromatic heterocycles. The van der Waals surface area contributed by atoms with Gasteiger partial charge in [-0.25, -0.2) is 4.57 Å². The van der Waals surface area contributed by atoms with Crippen LogP contribution in [-0.4, -0.2) is 0 Å². The van der Waals surface area contributed by atoms with Crippen molar-refractivity contribution in [2.24, 2.45) is 17.8 Å². The van der Waals surface area contributed by atoms with Crippen LogP contribution >= 0.6 is 18.2 Å². The summed E-state index contributed by atoms with van der Waals surface area (Å²) in [7, 11) is 0. The van der Waals surface area contributed by atoms with Crippen LogP contribution in [0.15, 0.2) is 77.7 Å². The van der Waals surface area contributed by atoms with Crippen molar-refractivity contribution >= 4 is 18.2 Å². The number of hydrogen-bond donors (Lipinski definition) is 0. The highest BCUT2D eigenvalue weighted by Crippen LogP contribution is 2.63. The third kappa shape index (κ3) is 8.47. The fraction of sp³-hybridized carbons (Fsp3) is 0.400. The van der Waals surface area contributed by atoms with Gasteiger partial charge < -0.3 is 9.05 Å². The van der Waals surface area contributed by atoms with Crippen molar-refractivity contribution in [3.63, 3.8) is 0 Å². The molecule has 3 nitrogen and oxygen atoms in total. The molecule has 0 saturated heterocycles. The van der Waals surface area contributed by atoms with Crippen LogP contribution in [0.5, 0.6) is 11.5 Å². The summed E-state index contributed by atoms with van der Waals surface area (Å²) in [5, 5.41) is 0. The monoisotopic (exact) mass is 510 g/mol. The second kappa shape index (κ2) is 12.7. The number of para-hydroxylation sites is 2. The zero-order valence-electron chi connectivity index (χ0n) is 21.9. The van der Waals surface area contributed by atoms with Gasteiger partial charge in [-0.1, -0.05) is 96.1 Å². The molecule has 188 valence electrons. The van der Waals surface area contributed by atoms with Gasteiger partial charge in [0.15, 0.2) is 0 Å². The number of hydrogen-bond acceptors (Lipinski definition) is 4. The van der Waals surface area contributed by atoms with E-state index in [1.807, 2.05) is 66.7 Å². The summed E-state index contributed by atoms with van der Waals surface area (Å²) in [4.78, 5) is 0.937. The lowest BCUT2D eigenvalue weighted by atomic mass is 10.0. The quantitative estimate of drug-likeness (QED) is 0.227. The summed E-state index contributed by atoms with van der Waals surface area (Å²) in [6.07, 6.45) is 2.58. The Balaban J connectivity index is 2.03. The molecule has 0 heterocycles. The highest BCUT2D eigenvalue weighted by atomic mass is 32.7. The van der Waals surface area contributed by atoms with Crippen LogP contribution in [0.2, 0.25) is 0 Å². The summed E-state index contributed by atoms with van der Waals surface area (Å²) in [5.74, 6) is 2.63. The largest absolute Gasteiger partial charge is 0.497 e. The van der Waals surface area contributed by atoms with E-state index in [1.54, 1.807) is 0 Å². The molecular formula is C30H39O3PS. The molecule has 0 fully saturated rings. The zero-order chi connectivity index (χ0) is 25.4. The molecule has 0 N–H and O–H groups in total. The number of benzene rings is 3. The third-order valence-corrected chi connectivity index (χ3v) is 8.80. The Hall–Kier alpha value is -2.16. The Morgan fingerprint density at radius 2 is 0.971 bits per heavy atom. The average molecular weight is 511 g/mol. The normalized spacial score (nSPS) is 11.9. The van der Waals surface area contributed by atoms with Crippen LogP contribution in [0.3, 0.4) is 0 Å². The highest BCUT2D eigenvalue weighted by Gasteiger charge is 2.33. The first-order valence-corrected chi connectivity index (χ1v) is 15.5. The molecule has 0 spiro atoms. The van der Waals surface area contributed by atoms with Crippen molar-refractivity contribution in [1.29, 1.82) is 0 Å². The molecule has 0 aliphatic rings. The van der Waals surface area contributed by atoms with E-state index in [9.17, 15) is 4.57 Å². The van der Waals surface area contributed by atoms with Gasteiger partial charge in [-0.15, -0.1) is 0 Å². The molecule has 3 aromatic rings. The molecule has 0 amide bonds. The summed E-state index contributed by atoms with van der Waals surface area (Å²) >= 11 is 1.22. The summed E-state index contributed by atoms with van der Waals surface area (Å²) in [6.45, 7) is 9.40. The standard InChI is InChI=1S/C30H39O3PS/c1-22(2)19-25-13-7-10-16-28(25)32-34(31,33-29-17-11-8-14-26(29)20-23(3)4)35-30-18-12-9-15-27(30)21-24(5)6/h7-18,22-24H,19-21H2,1-6H3. The first-order valence-electron chi connectivity index (χ1n) is 12.6. The van der Waals surface area contributed by atoms with Crippen LogP contribution in [0, 0.1) is 17.8 Å². The minimum Gasteiger partial charge on any atom is -0.408 e. The Labute approximate surface area is 215 Å². The molecule has 0 bridgehead atoms. The van der Waals surface area contributed by atoms with E-state index < -0.39 is 6.80 Å². The molecule has 3 aromatic carbocycles. The Morgan fingerprint density at radius 1 is 0.600 bits per heavy atom. The van der Waals surface area contributed by atoms with Crippen molar-refractivity contribution in [3.8, 4) is 11.5 Å². The lowest BCUT2D eigenvalue weighted by Crippen LogP contribution is -2.05. The fourth-order valence-corrected chi connectivity index (χ4v) is 7.58. The molecule has 0 atom stereocenters. The molecule has 0 aliphatic heterocycles. The lowest BCUT2D eigenvalue weighted by Gasteiger charge is -2.23. The first kappa shape index (κ1) is 27.4. The molecular weight excluding hydrogens is 471 g/mol. The molecule has 5 heteroatoms. The van der Waals surface area contributed by atoms with Crippen molar-refractivity contribution in [2.45, 2.75) is 65.7 Å². The predicted octanol–water partition coefficient (Wildman–Crippen LogP) is 9.64. The van der Waals surface area contributed by atoms with Gasteiger partial charge in [-0.3, -0.25) is 0 Å². The van der Waals surface area contributed by atoms with Crippen molar-refractivity contribution < 1.29 is 13.6 Å². The fourth-order valence-electron chi connectivity index (χ4n) is 4.02. The van der Waals surface area contributed by atoms with Gasteiger partial charge in [-0.05, 0) is 71.9 Å². The highest BCUT2D eigenvalue weighted by molar-refractivity contribution is 8.55. The van der Waals surface area contributed by atoms with Crippen LogP contribution in [0.4, 0.5) is 0 Å². The average Bonchev–Trinajstić information content (AvgIpc) is 2.77. The van der Waals surface area contributed by atoms with E-state index in [2.05, 4.69) is 47.6 Å². The van der Waals surface area contributed by atoms with Gasteiger partial charge in [0.1, 0.15) is 11.5 Å². The molecule has 35 heavy (non-hydrogen) atoms.